The van der Waals surface area contributed by atoms with E-state index < -0.39 is 30.1 Å². The SMILES string of the molecule is C=CCCC(NC(=O)OCC1c2ccccc2-c2ccccc21)C(=O)N[C@@H](CCCC)C(=O)O. The maximum absolute atomic E-state index is 12.8. The lowest BCUT2D eigenvalue weighted by Crippen LogP contribution is -2.51. The Hall–Kier alpha value is -3.61. The van der Waals surface area contributed by atoms with E-state index in [2.05, 4.69) is 29.3 Å². The van der Waals surface area contributed by atoms with Crippen molar-refractivity contribution in [2.45, 2.75) is 57.0 Å². The molecule has 2 aromatic rings. The van der Waals surface area contributed by atoms with E-state index in [0.29, 0.717) is 25.7 Å². The third-order valence-electron chi connectivity index (χ3n) is 6.07. The molecule has 0 fully saturated rings. The van der Waals surface area contributed by atoms with Crippen molar-refractivity contribution in [2.75, 3.05) is 6.61 Å². The molecule has 1 unspecified atom stereocenters. The highest BCUT2D eigenvalue weighted by Crippen LogP contribution is 2.44. The Morgan fingerprint density at radius 1 is 1.00 bits per heavy atom. The van der Waals surface area contributed by atoms with E-state index in [0.717, 1.165) is 28.7 Å². The van der Waals surface area contributed by atoms with Crippen molar-refractivity contribution < 1.29 is 24.2 Å². The fourth-order valence-electron chi connectivity index (χ4n) is 4.27. The molecule has 7 nitrogen and oxygen atoms in total. The van der Waals surface area contributed by atoms with E-state index in [-0.39, 0.29) is 12.5 Å². The Balaban J connectivity index is 1.64. The van der Waals surface area contributed by atoms with Crippen LogP contribution in [0, 0.1) is 0 Å². The number of carboxylic acid groups (broad SMARTS) is 1. The molecule has 180 valence electrons. The lowest BCUT2D eigenvalue weighted by Gasteiger charge is -2.21. The van der Waals surface area contributed by atoms with Gasteiger partial charge in [-0.1, -0.05) is 74.4 Å². The van der Waals surface area contributed by atoms with Crippen molar-refractivity contribution in [1.82, 2.24) is 10.6 Å². The van der Waals surface area contributed by atoms with Gasteiger partial charge in [0.1, 0.15) is 18.7 Å². The summed E-state index contributed by atoms with van der Waals surface area (Å²) in [5.41, 5.74) is 4.44. The number of benzene rings is 2. The summed E-state index contributed by atoms with van der Waals surface area (Å²) >= 11 is 0. The Bertz CT molecular complexity index is 990. The van der Waals surface area contributed by atoms with Gasteiger partial charge in [-0.25, -0.2) is 9.59 Å². The predicted molar refractivity (Wildman–Crippen MR) is 131 cm³/mol. The maximum Gasteiger partial charge on any atom is 0.407 e. The molecule has 2 atom stereocenters. The van der Waals surface area contributed by atoms with Crippen molar-refractivity contribution in [1.29, 1.82) is 0 Å². The number of carbonyl (C=O) groups is 3. The number of amides is 2. The van der Waals surface area contributed by atoms with Crippen molar-refractivity contribution in [3.05, 3.63) is 72.3 Å². The first-order valence-corrected chi connectivity index (χ1v) is 11.7. The lowest BCUT2D eigenvalue weighted by molar-refractivity contribution is -0.142. The van der Waals surface area contributed by atoms with Gasteiger partial charge in [0, 0.05) is 5.92 Å². The van der Waals surface area contributed by atoms with Gasteiger partial charge < -0.3 is 20.5 Å². The van der Waals surface area contributed by atoms with E-state index in [1.807, 2.05) is 43.3 Å². The molecule has 3 rings (SSSR count). The molecular formula is C27H32N2O5. The van der Waals surface area contributed by atoms with Crippen LogP contribution in [0.3, 0.4) is 0 Å². The second kappa shape index (κ2) is 12.0. The number of carbonyl (C=O) groups excluding carboxylic acids is 2. The third-order valence-corrected chi connectivity index (χ3v) is 6.07. The van der Waals surface area contributed by atoms with Gasteiger partial charge in [-0.15, -0.1) is 6.58 Å². The largest absolute Gasteiger partial charge is 0.480 e. The molecule has 34 heavy (non-hydrogen) atoms. The van der Waals surface area contributed by atoms with Crippen LogP contribution in [0.2, 0.25) is 0 Å². The molecule has 3 N–H and O–H groups in total. The van der Waals surface area contributed by atoms with Crippen LogP contribution in [-0.4, -0.2) is 41.8 Å². The molecule has 1 aliphatic carbocycles. The highest BCUT2D eigenvalue weighted by molar-refractivity contribution is 5.89. The first kappa shape index (κ1) is 25.0. The van der Waals surface area contributed by atoms with E-state index in [4.69, 9.17) is 4.74 Å². The summed E-state index contributed by atoms with van der Waals surface area (Å²) in [6, 6.07) is 14.2. The van der Waals surface area contributed by atoms with Crippen LogP contribution >= 0.6 is 0 Å². The monoisotopic (exact) mass is 464 g/mol. The third kappa shape index (κ3) is 6.04. The molecule has 0 radical (unpaired) electrons. The molecule has 0 heterocycles. The number of aliphatic carboxylic acids is 1. The number of alkyl carbamates (subject to hydrolysis) is 1. The van der Waals surface area contributed by atoms with Crippen LogP contribution in [0.15, 0.2) is 61.2 Å². The number of hydrogen-bond acceptors (Lipinski definition) is 4. The van der Waals surface area contributed by atoms with E-state index >= 15 is 0 Å². The average molecular weight is 465 g/mol. The predicted octanol–water partition coefficient (Wildman–Crippen LogP) is 4.62. The summed E-state index contributed by atoms with van der Waals surface area (Å²) in [7, 11) is 0. The topological polar surface area (TPSA) is 105 Å². The second-order valence-corrected chi connectivity index (χ2v) is 8.43. The Morgan fingerprint density at radius 2 is 1.62 bits per heavy atom. The van der Waals surface area contributed by atoms with E-state index in [1.165, 1.54) is 0 Å². The Labute approximate surface area is 200 Å². The number of rotatable bonds is 12. The first-order valence-electron chi connectivity index (χ1n) is 11.7. The molecule has 2 aromatic carbocycles. The molecule has 7 heteroatoms. The quantitative estimate of drug-likeness (QED) is 0.398. The summed E-state index contributed by atoms with van der Waals surface area (Å²) < 4.78 is 5.55. The van der Waals surface area contributed by atoms with Crippen LogP contribution in [0.1, 0.15) is 56.1 Å². The highest BCUT2D eigenvalue weighted by atomic mass is 16.5. The smallest absolute Gasteiger partial charge is 0.407 e. The number of nitrogens with one attached hydrogen (secondary N) is 2. The van der Waals surface area contributed by atoms with Gasteiger partial charge in [0.2, 0.25) is 5.91 Å². The minimum atomic E-state index is -1.09. The molecule has 0 spiro atoms. The van der Waals surface area contributed by atoms with Crippen LogP contribution in [0.5, 0.6) is 0 Å². The van der Waals surface area contributed by atoms with Crippen LogP contribution < -0.4 is 10.6 Å². The zero-order valence-corrected chi connectivity index (χ0v) is 19.5. The van der Waals surface area contributed by atoms with Crippen molar-refractivity contribution in [2.24, 2.45) is 0 Å². The van der Waals surface area contributed by atoms with Gasteiger partial charge in [-0.05, 0) is 41.5 Å². The second-order valence-electron chi connectivity index (χ2n) is 8.43. The number of allylic oxidation sites excluding steroid dienone is 1. The standard InChI is InChI=1S/C27H32N2O5/c1-3-5-15-23(25(30)28-24(26(31)32)16-6-4-2)29-27(33)34-17-22-20-13-9-7-11-18(20)19-12-8-10-14-21(19)22/h3,7-14,22-24H,1,4-6,15-17H2,2H3,(H,28,30)(H,29,33)(H,31,32)/t23?,24-/m0/s1. The first-order chi connectivity index (χ1) is 16.5. The normalized spacial score (nSPS) is 13.8. The number of unbranched alkanes of at least 4 members (excludes halogenated alkanes) is 1. The average Bonchev–Trinajstić information content (AvgIpc) is 3.16. The van der Waals surface area contributed by atoms with Gasteiger partial charge in [-0.2, -0.15) is 0 Å². The summed E-state index contributed by atoms with van der Waals surface area (Å²) in [5, 5.41) is 14.6. The van der Waals surface area contributed by atoms with Gasteiger partial charge in [0.05, 0.1) is 0 Å². The molecule has 0 aromatic heterocycles. The summed E-state index contributed by atoms with van der Waals surface area (Å²) in [4.78, 5) is 36.9. The molecule has 0 saturated heterocycles. The molecule has 0 aliphatic heterocycles. The lowest BCUT2D eigenvalue weighted by atomic mass is 9.98. The zero-order chi connectivity index (χ0) is 24.5. The molecule has 2 amide bonds. The zero-order valence-electron chi connectivity index (χ0n) is 19.5. The van der Waals surface area contributed by atoms with Gasteiger partial charge >= 0.3 is 12.1 Å². The number of carboxylic acids is 1. The Kier molecular flexibility index (Phi) is 8.85. The van der Waals surface area contributed by atoms with Gasteiger partial charge in [0.15, 0.2) is 0 Å². The van der Waals surface area contributed by atoms with Crippen molar-refractivity contribution >= 4 is 18.0 Å². The van der Waals surface area contributed by atoms with Crippen LogP contribution in [0.4, 0.5) is 4.79 Å². The van der Waals surface area contributed by atoms with E-state index in [9.17, 15) is 19.5 Å². The van der Waals surface area contributed by atoms with Crippen molar-refractivity contribution in [3.8, 4) is 11.1 Å². The maximum atomic E-state index is 12.8. The van der Waals surface area contributed by atoms with Crippen LogP contribution in [-0.2, 0) is 14.3 Å². The minimum Gasteiger partial charge on any atom is -0.480 e. The summed E-state index contributed by atoms with van der Waals surface area (Å²) in [5.74, 6) is -1.73. The number of hydrogen-bond donors (Lipinski definition) is 3. The fraction of sp³-hybridized carbons (Fsp3) is 0.370. The minimum absolute atomic E-state index is 0.0935. The van der Waals surface area contributed by atoms with Gasteiger partial charge in [0.25, 0.3) is 0 Å². The van der Waals surface area contributed by atoms with Gasteiger partial charge in [-0.3, -0.25) is 4.79 Å². The molecule has 1 aliphatic rings. The summed E-state index contributed by atoms with van der Waals surface area (Å²) in [6.07, 6.45) is 3.52. The summed E-state index contributed by atoms with van der Waals surface area (Å²) in [6.45, 7) is 5.74. The van der Waals surface area contributed by atoms with Crippen LogP contribution in [0.25, 0.3) is 11.1 Å². The number of ether oxygens (including phenoxy) is 1. The molecular weight excluding hydrogens is 432 g/mol. The highest BCUT2D eigenvalue weighted by Gasteiger charge is 2.30. The van der Waals surface area contributed by atoms with E-state index in [1.54, 1.807) is 6.08 Å². The number of fused-ring (bicyclic) bond motifs is 3. The molecule has 0 bridgehead atoms. The van der Waals surface area contributed by atoms with Crippen molar-refractivity contribution in [3.63, 3.8) is 0 Å². The Morgan fingerprint density at radius 3 is 2.18 bits per heavy atom. The fourth-order valence-corrected chi connectivity index (χ4v) is 4.27. The molecule has 0 saturated carbocycles.